The summed E-state index contributed by atoms with van der Waals surface area (Å²) in [5.74, 6) is 0. The minimum atomic E-state index is 0.768. The van der Waals surface area contributed by atoms with Gasteiger partial charge in [0.15, 0.2) is 0 Å². The normalized spacial score (nSPS) is 10.8. The molecule has 0 spiro atoms. The third-order valence-corrected chi connectivity index (χ3v) is 3.64. The molecule has 88 valence electrons. The van der Waals surface area contributed by atoms with Gasteiger partial charge in [0.1, 0.15) is 0 Å². The second-order valence-corrected chi connectivity index (χ2v) is 5.14. The number of benzene rings is 3. The average molecular weight is 271 g/mol. The van der Waals surface area contributed by atoms with Crippen LogP contribution >= 0.6 is 24.2 Å². The summed E-state index contributed by atoms with van der Waals surface area (Å²) in [4.78, 5) is 0.991. The van der Waals surface area contributed by atoms with Crippen LogP contribution in [0.2, 0.25) is 5.02 Å². The van der Waals surface area contributed by atoms with Crippen LogP contribution in [-0.2, 0) is 0 Å². The molecule has 3 rings (SSSR count). The molecule has 0 saturated carbocycles. The molecule has 0 nitrogen and oxygen atoms in total. The molecule has 0 N–H and O–H groups in total. The van der Waals surface area contributed by atoms with Crippen molar-refractivity contribution in [3.63, 3.8) is 0 Å². The van der Waals surface area contributed by atoms with E-state index in [1.165, 1.54) is 10.9 Å². The van der Waals surface area contributed by atoms with E-state index in [1.807, 2.05) is 36.4 Å². The fourth-order valence-electron chi connectivity index (χ4n) is 2.10. The largest absolute Gasteiger partial charge is 0.143 e. The Morgan fingerprint density at radius 2 is 1.50 bits per heavy atom. The summed E-state index contributed by atoms with van der Waals surface area (Å²) >= 11 is 10.5. The van der Waals surface area contributed by atoms with Gasteiger partial charge in [-0.2, -0.15) is 0 Å². The molecule has 0 aliphatic carbocycles. The molecule has 0 radical (unpaired) electrons. The SMILES string of the molecule is Sc1ccccc1-c1ccc2cc(Cl)ccc2c1. The van der Waals surface area contributed by atoms with Crippen molar-refractivity contribution >= 4 is 35.0 Å². The third-order valence-electron chi connectivity index (χ3n) is 3.02. The summed E-state index contributed by atoms with van der Waals surface area (Å²) in [6, 6.07) is 20.4. The summed E-state index contributed by atoms with van der Waals surface area (Å²) in [7, 11) is 0. The predicted molar refractivity (Wildman–Crippen MR) is 81.6 cm³/mol. The van der Waals surface area contributed by atoms with Crippen LogP contribution in [0.15, 0.2) is 65.6 Å². The van der Waals surface area contributed by atoms with Crippen molar-refractivity contribution in [3.8, 4) is 11.1 Å². The van der Waals surface area contributed by atoms with Gasteiger partial charge in [0.25, 0.3) is 0 Å². The van der Waals surface area contributed by atoms with Crippen LogP contribution in [0.3, 0.4) is 0 Å². The smallest absolute Gasteiger partial charge is 0.0412 e. The molecule has 3 aromatic rings. The topological polar surface area (TPSA) is 0 Å². The molecule has 0 aliphatic heterocycles. The first-order valence-electron chi connectivity index (χ1n) is 5.72. The van der Waals surface area contributed by atoms with Crippen LogP contribution < -0.4 is 0 Å². The highest BCUT2D eigenvalue weighted by atomic mass is 35.5. The minimum Gasteiger partial charge on any atom is -0.143 e. The summed E-state index contributed by atoms with van der Waals surface area (Å²) < 4.78 is 0. The first-order valence-corrected chi connectivity index (χ1v) is 6.54. The molecular weight excluding hydrogens is 260 g/mol. The molecule has 3 aromatic carbocycles. The van der Waals surface area contributed by atoms with Crippen LogP contribution in [0.1, 0.15) is 0 Å². The highest BCUT2D eigenvalue weighted by molar-refractivity contribution is 7.80. The van der Waals surface area contributed by atoms with E-state index in [-0.39, 0.29) is 0 Å². The molecule has 0 unspecified atom stereocenters. The summed E-state index contributed by atoms with van der Waals surface area (Å²) in [5, 5.41) is 3.11. The lowest BCUT2D eigenvalue weighted by molar-refractivity contribution is 1.46. The molecule has 0 fully saturated rings. The Morgan fingerprint density at radius 1 is 0.778 bits per heavy atom. The summed E-state index contributed by atoms with van der Waals surface area (Å²) in [6.45, 7) is 0. The zero-order chi connectivity index (χ0) is 12.5. The van der Waals surface area contributed by atoms with Crippen LogP contribution in [0.4, 0.5) is 0 Å². The zero-order valence-corrected chi connectivity index (χ0v) is 11.2. The first kappa shape index (κ1) is 11.6. The number of hydrogen-bond donors (Lipinski definition) is 1. The Bertz CT molecular complexity index is 719. The van der Waals surface area contributed by atoms with E-state index in [4.69, 9.17) is 11.6 Å². The molecule has 0 aliphatic rings. The van der Waals surface area contributed by atoms with Crippen molar-refractivity contribution in [2.75, 3.05) is 0 Å². The summed E-state index contributed by atoms with van der Waals surface area (Å²) in [5.41, 5.74) is 2.33. The number of halogens is 1. The van der Waals surface area contributed by atoms with Gasteiger partial charge in [-0.1, -0.05) is 48.0 Å². The quantitative estimate of drug-likeness (QED) is 0.559. The Labute approximate surface area is 117 Å². The monoisotopic (exact) mass is 270 g/mol. The first-order chi connectivity index (χ1) is 8.74. The number of rotatable bonds is 1. The van der Waals surface area contributed by atoms with Crippen molar-refractivity contribution < 1.29 is 0 Å². The number of thiol groups is 1. The Morgan fingerprint density at radius 3 is 2.33 bits per heavy atom. The number of fused-ring (bicyclic) bond motifs is 1. The molecule has 0 saturated heterocycles. The maximum absolute atomic E-state index is 5.99. The molecular formula is C16H11ClS. The highest BCUT2D eigenvalue weighted by Crippen LogP contribution is 2.29. The highest BCUT2D eigenvalue weighted by Gasteiger charge is 2.03. The Hall–Kier alpha value is -1.44. The standard InChI is InChI=1S/C16H11ClS/c17-14-8-7-11-9-13(6-5-12(11)10-14)15-3-1-2-4-16(15)18/h1-10,18H. The van der Waals surface area contributed by atoms with Gasteiger partial charge in [-0.05, 0) is 46.2 Å². The second kappa shape index (κ2) is 4.68. The molecule has 0 amide bonds. The van der Waals surface area contributed by atoms with Crippen LogP contribution in [0.5, 0.6) is 0 Å². The molecule has 18 heavy (non-hydrogen) atoms. The van der Waals surface area contributed by atoms with Gasteiger partial charge in [0.05, 0.1) is 0 Å². The van der Waals surface area contributed by atoms with E-state index in [0.29, 0.717) is 0 Å². The van der Waals surface area contributed by atoms with E-state index in [2.05, 4.69) is 36.9 Å². The average Bonchev–Trinajstić information content (AvgIpc) is 2.39. The third kappa shape index (κ3) is 2.12. The van der Waals surface area contributed by atoms with Crippen molar-refractivity contribution in [3.05, 3.63) is 65.7 Å². The van der Waals surface area contributed by atoms with Gasteiger partial charge < -0.3 is 0 Å². The van der Waals surface area contributed by atoms with Crippen LogP contribution in [0, 0.1) is 0 Å². The lowest BCUT2D eigenvalue weighted by atomic mass is 10.0. The lowest BCUT2D eigenvalue weighted by Gasteiger charge is -2.07. The van der Waals surface area contributed by atoms with Crippen LogP contribution in [0.25, 0.3) is 21.9 Å². The zero-order valence-electron chi connectivity index (χ0n) is 9.60. The van der Waals surface area contributed by atoms with Crippen molar-refractivity contribution in [2.24, 2.45) is 0 Å². The van der Waals surface area contributed by atoms with E-state index in [0.717, 1.165) is 20.9 Å². The predicted octanol–water partition coefficient (Wildman–Crippen LogP) is 5.45. The summed E-state index contributed by atoms with van der Waals surface area (Å²) in [6.07, 6.45) is 0. The molecule has 0 heterocycles. The Balaban J connectivity index is 2.20. The Kier molecular flexibility index (Phi) is 3.02. The molecule has 0 bridgehead atoms. The molecule has 2 heteroatoms. The maximum atomic E-state index is 5.99. The molecule has 0 atom stereocenters. The van der Waals surface area contributed by atoms with E-state index in [1.54, 1.807) is 0 Å². The van der Waals surface area contributed by atoms with Crippen molar-refractivity contribution in [2.45, 2.75) is 4.90 Å². The fraction of sp³-hybridized carbons (Fsp3) is 0. The van der Waals surface area contributed by atoms with E-state index in [9.17, 15) is 0 Å². The van der Waals surface area contributed by atoms with E-state index < -0.39 is 0 Å². The van der Waals surface area contributed by atoms with E-state index >= 15 is 0 Å². The van der Waals surface area contributed by atoms with Gasteiger partial charge in [0.2, 0.25) is 0 Å². The maximum Gasteiger partial charge on any atom is 0.0412 e. The van der Waals surface area contributed by atoms with Gasteiger partial charge in [-0.15, -0.1) is 12.6 Å². The fourth-order valence-corrected chi connectivity index (χ4v) is 2.57. The lowest BCUT2D eigenvalue weighted by Crippen LogP contribution is -1.81. The van der Waals surface area contributed by atoms with Crippen molar-refractivity contribution in [1.29, 1.82) is 0 Å². The van der Waals surface area contributed by atoms with Gasteiger partial charge >= 0.3 is 0 Å². The van der Waals surface area contributed by atoms with Gasteiger partial charge in [0, 0.05) is 9.92 Å². The number of hydrogen-bond acceptors (Lipinski definition) is 1. The van der Waals surface area contributed by atoms with Gasteiger partial charge in [-0.3, -0.25) is 0 Å². The van der Waals surface area contributed by atoms with Crippen LogP contribution in [-0.4, -0.2) is 0 Å². The minimum absolute atomic E-state index is 0.768. The molecule has 0 aromatic heterocycles. The second-order valence-electron chi connectivity index (χ2n) is 4.22. The van der Waals surface area contributed by atoms with Crippen molar-refractivity contribution in [1.82, 2.24) is 0 Å². The van der Waals surface area contributed by atoms with Gasteiger partial charge in [-0.25, -0.2) is 0 Å².